The molecule has 8 heteroatoms. The SMILES string of the molecule is C=CCN1CCCC[C@H](NC(=O)N2CCN(c3ccnc4cc(Cl)ccc34)CC2)C1=O. The molecule has 2 fully saturated rings. The van der Waals surface area contributed by atoms with Gasteiger partial charge in [-0.25, -0.2) is 4.79 Å². The summed E-state index contributed by atoms with van der Waals surface area (Å²) in [7, 11) is 0. The molecule has 0 unspecified atom stereocenters. The third-order valence-electron chi connectivity index (χ3n) is 6.02. The van der Waals surface area contributed by atoms with Gasteiger partial charge in [-0.3, -0.25) is 9.78 Å². The highest BCUT2D eigenvalue weighted by molar-refractivity contribution is 6.31. The fourth-order valence-electron chi connectivity index (χ4n) is 4.35. The third kappa shape index (κ3) is 4.77. The molecule has 0 radical (unpaired) electrons. The number of anilines is 1. The first-order chi connectivity index (χ1) is 15.1. The summed E-state index contributed by atoms with van der Waals surface area (Å²) in [6.45, 7) is 7.61. The topological polar surface area (TPSA) is 68.8 Å². The third-order valence-corrected chi connectivity index (χ3v) is 6.25. The molecule has 3 amide bonds. The molecular formula is C23H28ClN5O2. The van der Waals surface area contributed by atoms with Gasteiger partial charge in [-0.15, -0.1) is 6.58 Å². The van der Waals surface area contributed by atoms with Crippen molar-refractivity contribution in [3.63, 3.8) is 0 Å². The number of rotatable bonds is 4. The van der Waals surface area contributed by atoms with Crippen LogP contribution in [0.4, 0.5) is 10.5 Å². The second-order valence-electron chi connectivity index (χ2n) is 8.04. The number of aromatic nitrogens is 1. The maximum atomic E-state index is 12.9. The van der Waals surface area contributed by atoms with E-state index in [0.717, 1.165) is 49.1 Å². The van der Waals surface area contributed by atoms with Crippen LogP contribution < -0.4 is 10.2 Å². The summed E-state index contributed by atoms with van der Waals surface area (Å²) >= 11 is 6.10. The van der Waals surface area contributed by atoms with E-state index in [1.54, 1.807) is 22.1 Å². The molecule has 1 aromatic heterocycles. The Balaban J connectivity index is 1.38. The number of nitrogens with zero attached hydrogens (tertiary/aromatic N) is 4. The number of urea groups is 1. The number of hydrogen-bond donors (Lipinski definition) is 1. The summed E-state index contributed by atoms with van der Waals surface area (Å²) in [5.74, 6) is -0.00805. The maximum Gasteiger partial charge on any atom is 0.318 e. The molecule has 2 aliphatic heterocycles. The molecule has 2 aromatic rings. The predicted octanol–water partition coefficient (Wildman–Crippen LogP) is 3.29. The largest absolute Gasteiger partial charge is 0.367 e. The van der Waals surface area contributed by atoms with Crippen LogP contribution in [0.2, 0.25) is 5.02 Å². The normalized spacial score (nSPS) is 20.0. The van der Waals surface area contributed by atoms with Crippen LogP contribution in [0.5, 0.6) is 0 Å². The van der Waals surface area contributed by atoms with Gasteiger partial charge < -0.3 is 20.0 Å². The smallest absolute Gasteiger partial charge is 0.318 e. The first-order valence-corrected chi connectivity index (χ1v) is 11.2. The van der Waals surface area contributed by atoms with E-state index in [4.69, 9.17) is 11.6 Å². The Morgan fingerprint density at radius 1 is 1.19 bits per heavy atom. The molecule has 0 spiro atoms. The summed E-state index contributed by atoms with van der Waals surface area (Å²) in [6, 6.07) is 7.12. The molecule has 0 aliphatic carbocycles. The number of piperazine rings is 1. The van der Waals surface area contributed by atoms with Gasteiger partial charge in [-0.1, -0.05) is 17.7 Å². The Morgan fingerprint density at radius 3 is 2.77 bits per heavy atom. The van der Waals surface area contributed by atoms with Crippen LogP contribution >= 0.6 is 11.6 Å². The van der Waals surface area contributed by atoms with Crippen LogP contribution in [0.15, 0.2) is 43.1 Å². The van der Waals surface area contributed by atoms with E-state index in [1.165, 1.54) is 0 Å². The van der Waals surface area contributed by atoms with E-state index in [-0.39, 0.29) is 11.9 Å². The highest BCUT2D eigenvalue weighted by atomic mass is 35.5. The lowest BCUT2D eigenvalue weighted by Crippen LogP contribution is -2.56. The van der Waals surface area contributed by atoms with Gasteiger partial charge in [0.15, 0.2) is 0 Å². The Hall–Kier alpha value is -2.80. The molecule has 31 heavy (non-hydrogen) atoms. The van der Waals surface area contributed by atoms with E-state index in [9.17, 15) is 9.59 Å². The Kier molecular flexibility index (Phi) is 6.61. The number of likely N-dealkylation sites (tertiary alicyclic amines) is 1. The summed E-state index contributed by atoms with van der Waals surface area (Å²) < 4.78 is 0. The van der Waals surface area contributed by atoms with Crippen molar-refractivity contribution in [2.45, 2.75) is 25.3 Å². The summed E-state index contributed by atoms with van der Waals surface area (Å²) in [5, 5.41) is 4.69. The number of amides is 3. The van der Waals surface area contributed by atoms with Gasteiger partial charge in [0.05, 0.1) is 5.52 Å². The minimum absolute atomic E-state index is 0.00805. The van der Waals surface area contributed by atoms with Gasteiger partial charge in [0, 0.05) is 61.6 Å². The van der Waals surface area contributed by atoms with E-state index in [0.29, 0.717) is 31.1 Å². The molecule has 2 aliphatic rings. The lowest BCUT2D eigenvalue weighted by atomic mass is 10.1. The Labute approximate surface area is 187 Å². The molecular weight excluding hydrogens is 414 g/mol. The van der Waals surface area contributed by atoms with Gasteiger partial charge in [-0.2, -0.15) is 0 Å². The van der Waals surface area contributed by atoms with E-state index < -0.39 is 6.04 Å². The zero-order chi connectivity index (χ0) is 21.8. The van der Waals surface area contributed by atoms with E-state index >= 15 is 0 Å². The molecule has 7 nitrogen and oxygen atoms in total. The number of carbonyl (C=O) groups excluding carboxylic acids is 2. The minimum atomic E-state index is -0.457. The van der Waals surface area contributed by atoms with Crippen molar-refractivity contribution in [2.24, 2.45) is 0 Å². The van der Waals surface area contributed by atoms with Crippen molar-refractivity contribution >= 4 is 40.1 Å². The van der Waals surface area contributed by atoms with Crippen LogP contribution in [0.3, 0.4) is 0 Å². The maximum absolute atomic E-state index is 12.9. The molecule has 3 heterocycles. The van der Waals surface area contributed by atoms with Gasteiger partial charge in [-0.05, 0) is 43.5 Å². The quantitative estimate of drug-likeness (QED) is 0.739. The average molecular weight is 442 g/mol. The van der Waals surface area contributed by atoms with Gasteiger partial charge in [0.1, 0.15) is 6.04 Å². The number of nitrogens with one attached hydrogen (secondary N) is 1. The molecule has 1 N–H and O–H groups in total. The lowest BCUT2D eigenvalue weighted by Gasteiger charge is -2.37. The number of carbonyl (C=O) groups is 2. The molecule has 4 rings (SSSR count). The van der Waals surface area contributed by atoms with Gasteiger partial charge >= 0.3 is 6.03 Å². The first-order valence-electron chi connectivity index (χ1n) is 10.8. The van der Waals surface area contributed by atoms with E-state index in [2.05, 4.69) is 21.8 Å². The highest BCUT2D eigenvalue weighted by Crippen LogP contribution is 2.28. The first kappa shape index (κ1) is 21.4. The number of hydrogen-bond acceptors (Lipinski definition) is 4. The van der Waals surface area contributed by atoms with E-state index in [1.807, 2.05) is 24.3 Å². The minimum Gasteiger partial charge on any atom is -0.367 e. The van der Waals surface area contributed by atoms with Crippen LogP contribution in [0, 0.1) is 0 Å². The predicted molar refractivity (Wildman–Crippen MR) is 123 cm³/mol. The number of benzene rings is 1. The standard InChI is InChI=1S/C23H28ClN5O2/c1-2-10-28-11-4-3-5-19(22(28)30)26-23(31)29-14-12-27(13-15-29)21-8-9-25-20-16-17(24)6-7-18(20)21/h2,6-9,16,19H,1,3-5,10-15H2,(H,26,31)/t19-/m0/s1. The van der Waals surface area contributed by atoms with Crippen molar-refractivity contribution in [3.8, 4) is 0 Å². The van der Waals surface area contributed by atoms with Crippen molar-refractivity contribution < 1.29 is 9.59 Å². The molecule has 2 saturated heterocycles. The monoisotopic (exact) mass is 441 g/mol. The molecule has 1 atom stereocenters. The van der Waals surface area contributed by atoms with Crippen LogP contribution in [-0.2, 0) is 4.79 Å². The van der Waals surface area contributed by atoms with Crippen molar-refractivity contribution in [1.82, 2.24) is 20.1 Å². The second kappa shape index (κ2) is 9.56. The summed E-state index contributed by atoms with van der Waals surface area (Å²) in [6.07, 6.45) is 6.09. The fraction of sp³-hybridized carbons (Fsp3) is 0.435. The van der Waals surface area contributed by atoms with Gasteiger partial charge in [0.25, 0.3) is 0 Å². The lowest BCUT2D eigenvalue weighted by molar-refractivity contribution is -0.132. The average Bonchev–Trinajstić information content (AvgIpc) is 2.95. The highest BCUT2D eigenvalue weighted by Gasteiger charge is 2.30. The Bertz CT molecular complexity index is 974. The number of fused-ring (bicyclic) bond motifs is 1. The van der Waals surface area contributed by atoms with Crippen LogP contribution in [0.25, 0.3) is 10.9 Å². The molecule has 164 valence electrons. The zero-order valence-electron chi connectivity index (χ0n) is 17.6. The van der Waals surface area contributed by atoms with Crippen molar-refractivity contribution in [2.75, 3.05) is 44.2 Å². The van der Waals surface area contributed by atoms with Gasteiger partial charge in [0.2, 0.25) is 5.91 Å². The van der Waals surface area contributed by atoms with Crippen molar-refractivity contribution in [1.29, 1.82) is 0 Å². The second-order valence-corrected chi connectivity index (χ2v) is 8.47. The van der Waals surface area contributed by atoms with Crippen LogP contribution in [-0.4, -0.2) is 72.0 Å². The molecule has 0 saturated carbocycles. The molecule has 1 aromatic carbocycles. The number of halogens is 1. The summed E-state index contributed by atoms with van der Waals surface area (Å²) in [4.78, 5) is 35.9. The number of pyridine rings is 1. The van der Waals surface area contributed by atoms with Crippen LogP contribution in [0.1, 0.15) is 19.3 Å². The Morgan fingerprint density at radius 2 is 2.00 bits per heavy atom. The zero-order valence-corrected chi connectivity index (χ0v) is 18.4. The fourth-order valence-corrected chi connectivity index (χ4v) is 4.52. The van der Waals surface area contributed by atoms with Crippen molar-refractivity contribution in [3.05, 3.63) is 48.1 Å². The summed E-state index contributed by atoms with van der Waals surface area (Å²) in [5.41, 5.74) is 1.96. The molecule has 0 bridgehead atoms.